The molecule has 0 bridgehead atoms. The number of carbonyl (C=O) groups is 1. The quantitative estimate of drug-likeness (QED) is 0.911. The van der Waals surface area contributed by atoms with Crippen molar-refractivity contribution in [2.24, 2.45) is 11.7 Å². The van der Waals surface area contributed by atoms with Crippen molar-refractivity contribution < 1.29 is 9.53 Å². The second-order valence-corrected chi connectivity index (χ2v) is 6.90. The summed E-state index contributed by atoms with van der Waals surface area (Å²) in [6.45, 7) is 9.68. The van der Waals surface area contributed by atoms with Crippen molar-refractivity contribution in [1.82, 2.24) is 4.90 Å². The number of aryl methyl sites for hydroxylation is 1. The molecule has 1 fully saturated rings. The molecule has 2 N–H and O–H groups in total. The Morgan fingerprint density at radius 2 is 2.10 bits per heavy atom. The smallest absolute Gasteiger partial charge is 0.410 e. The molecule has 0 aromatic heterocycles. The highest BCUT2D eigenvalue weighted by Gasteiger charge is 2.37. The van der Waals surface area contributed by atoms with Crippen LogP contribution in [0.15, 0.2) is 24.3 Å². The largest absolute Gasteiger partial charge is 0.444 e. The molecule has 1 aliphatic rings. The summed E-state index contributed by atoms with van der Waals surface area (Å²) in [6, 6.07) is 8.46. The SMILES string of the molecule is Cc1cccc(C2CN(C(=O)OC(C)(C)C)CC2CN)c1. The third kappa shape index (κ3) is 3.97. The van der Waals surface area contributed by atoms with Crippen LogP contribution < -0.4 is 5.73 Å². The number of ether oxygens (including phenoxy) is 1. The number of benzene rings is 1. The Morgan fingerprint density at radius 3 is 2.67 bits per heavy atom. The maximum Gasteiger partial charge on any atom is 0.410 e. The predicted molar refractivity (Wildman–Crippen MR) is 84.3 cm³/mol. The maximum atomic E-state index is 12.2. The van der Waals surface area contributed by atoms with E-state index in [-0.39, 0.29) is 6.09 Å². The molecule has 1 heterocycles. The Balaban J connectivity index is 2.12. The van der Waals surface area contributed by atoms with Crippen molar-refractivity contribution >= 4 is 6.09 Å². The summed E-state index contributed by atoms with van der Waals surface area (Å²) >= 11 is 0. The van der Waals surface area contributed by atoms with Crippen LogP contribution in [0.25, 0.3) is 0 Å². The Labute approximate surface area is 127 Å². The molecule has 1 aromatic carbocycles. The van der Waals surface area contributed by atoms with E-state index in [1.807, 2.05) is 20.8 Å². The Kier molecular flexibility index (Phi) is 4.57. The van der Waals surface area contributed by atoms with Crippen LogP contribution >= 0.6 is 0 Å². The fraction of sp³-hybridized carbons (Fsp3) is 0.588. The molecule has 4 heteroatoms. The lowest BCUT2D eigenvalue weighted by Crippen LogP contribution is -2.35. The van der Waals surface area contributed by atoms with Crippen molar-refractivity contribution in [3.05, 3.63) is 35.4 Å². The molecule has 1 aromatic rings. The predicted octanol–water partition coefficient (Wildman–Crippen LogP) is 2.90. The van der Waals surface area contributed by atoms with Gasteiger partial charge in [0.1, 0.15) is 5.60 Å². The van der Waals surface area contributed by atoms with E-state index in [4.69, 9.17) is 10.5 Å². The minimum atomic E-state index is -0.462. The van der Waals surface area contributed by atoms with Gasteiger partial charge in [-0.05, 0) is 45.7 Å². The van der Waals surface area contributed by atoms with Crippen molar-refractivity contribution in [2.75, 3.05) is 19.6 Å². The van der Waals surface area contributed by atoms with Crippen LogP contribution in [0.2, 0.25) is 0 Å². The molecular weight excluding hydrogens is 264 g/mol. The van der Waals surface area contributed by atoms with E-state index >= 15 is 0 Å². The van der Waals surface area contributed by atoms with Gasteiger partial charge in [0.25, 0.3) is 0 Å². The van der Waals surface area contributed by atoms with Crippen LogP contribution in [0.3, 0.4) is 0 Å². The minimum absolute atomic E-state index is 0.240. The zero-order valence-electron chi connectivity index (χ0n) is 13.4. The first-order valence-electron chi connectivity index (χ1n) is 7.54. The number of nitrogens with two attached hydrogens (primary N) is 1. The summed E-state index contributed by atoms with van der Waals surface area (Å²) in [4.78, 5) is 14.0. The van der Waals surface area contributed by atoms with Crippen LogP contribution in [-0.2, 0) is 4.74 Å². The summed E-state index contributed by atoms with van der Waals surface area (Å²) in [5.41, 5.74) is 7.94. The zero-order valence-corrected chi connectivity index (χ0v) is 13.4. The molecule has 2 atom stereocenters. The molecule has 21 heavy (non-hydrogen) atoms. The zero-order chi connectivity index (χ0) is 15.6. The van der Waals surface area contributed by atoms with Gasteiger partial charge in [0.15, 0.2) is 0 Å². The van der Waals surface area contributed by atoms with Crippen molar-refractivity contribution in [1.29, 1.82) is 0 Å². The van der Waals surface area contributed by atoms with Crippen LogP contribution in [-0.4, -0.2) is 36.2 Å². The first-order valence-corrected chi connectivity index (χ1v) is 7.54. The standard InChI is InChI=1S/C17H26N2O2/c1-12-6-5-7-13(8-12)15-11-19(10-14(15)9-18)16(20)21-17(2,3)4/h5-8,14-15H,9-11,18H2,1-4H3. The maximum absolute atomic E-state index is 12.2. The first kappa shape index (κ1) is 15.8. The highest BCUT2D eigenvalue weighted by atomic mass is 16.6. The molecule has 2 rings (SSSR count). The molecule has 0 spiro atoms. The second-order valence-electron chi connectivity index (χ2n) is 6.90. The van der Waals surface area contributed by atoms with E-state index in [0.29, 0.717) is 31.5 Å². The van der Waals surface area contributed by atoms with Gasteiger partial charge in [-0.25, -0.2) is 4.79 Å². The van der Waals surface area contributed by atoms with Gasteiger partial charge >= 0.3 is 6.09 Å². The monoisotopic (exact) mass is 290 g/mol. The summed E-state index contributed by atoms with van der Waals surface area (Å²) in [6.07, 6.45) is -0.240. The Morgan fingerprint density at radius 1 is 1.38 bits per heavy atom. The van der Waals surface area contributed by atoms with Crippen molar-refractivity contribution in [3.63, 3.8) is 0 Å². The molecule has 1 amide bonds. The summed E-state index contributed by atoms with van der Waals surface area (Å²) in [5.74, 6) is 0.585. The van der Waals surface area contributed by atoms with Crippen LogP contribution in [0.4, 0.5) is 4.79 Å². The molecule has 0 saturated carbocycles. The topological polar surface area (TPSA) is 55.6 Å². The van der Waals surface area contributed by atoms with Crippen LogP contribution in [0.5, 0.6) is 0 Å². The molecule has 2 unspecified atom stereocenters. The van der Waals surface area contributed by atoms with Crippen molar-refractivity contribution in [2.45, 2.75) is 39.2 Å². The number of nitrogens with zero attached hydrogens (tertiary/aromatic N) is 1. The van der Waals surface area contributed by atoms with Gasteiger partial charge in [-0.15, -0.1) is 0 Å². The Hall–Kier alpha value is -1.55. The average Bonchev–Trinajstić information content (AvgIpc) is 2.81. The van der Waals surface area contributed by atoms with Gasteiger partial charge < -0.3 is 15.4 Å². The summed E-state index contributed by atoms with van der Waals surface area (Å²) in [7, 11) is 0. The van der Waals surface area contributed by atoms with E-state index in [1.54, 1.807) is 4.90 Å². The normalized spacial score (nSPS) is 22.4. The third-order valence-corrected chi connectivity index (χ3v) is 3.87. The van der Waals surface area contributed by atoms with E-state index in [9.17, 15) is 4.79 Å². The van der Waals surface area contributed by atoms with Gasteiger partial charge in [0.05, 0.1) is 0 Å². The fourth-order valence-electron chi connectivity index (χ4n) is 2.86. The fourth-order valence-corrected chi connectivity index (χ4v) is 2.86. The van der Waals surface area contributed by atoms with Gasteiger partial charge in [-0.2, -0.15) is 0 Å². The Bertz CT molecular complexity index is 508. The number of likely N-dealkylation sites (tertiary alicyclic amines) is 1. The number of hydrogen-bond donors (Lipinski definition) is 1. The van der Waals surface area contributed by atoms with Gasteiger partial charge in [-0.1, -0.05) is 29.8 Å². The number of hydrogen-bond acceptors (Lipinski definition) is 3. The highest BCUT2D eigenvalue weighted by molar-refractivity contribution is 5.68. The molecular formula is C17H26N2O2. The van der Waals surface area contributed by atoms with E-state index in [2.05, 4.69) is 31.2 Å². The molecule has 1 saturated heterocycles. The van der Waals surface area contributed by atoms with Crippen LogP contribution in [0, 0.1) is 12.8 Å². The molecule has 4 nitrogen and oxygen atoms in total. The molecule has 0 aliphatic carbocycles. The molecule has 116 valence electrons. The van der Waals surface area contributed by atoms with Gasteiger partial charge in [0, 0.05) is 19.0 Å². The van der Waals surface area contributed by atoms with Gasteiger partial charge in [0.2, 0.25) is 0 Å². The lowest BCUT2D eigenvalue weighted by molar-refractivity contribution is 0.0287. The average molecular weight is 290 g/mol. The second kappa shape index (κ2) is 6.06. The lowest BCUT2D eigenvalue weighted by Gasteiger charge is -2.24. The molecule has 1 aliphatic heterocycles. The van der Waals surface area contributed by atoms with E-state index in [1.165, 1.54) is 11.1 Å². The van der Waals surface area contributed by atoms with Crippen LogP contribution in [0.1, 0.15) is 37.8 Å². The van der Waals surface area contributed by atoms with E-state index in [0.717, 1.165) is 0 Å². The van der Waals surface area contributed by atoms with Gasteiger partial charge in [-0.3, -0.25) is 0 Å². The molecule has 0 radical (unpaired) electrons. The highest BCUT2D eigenvalue weighted by Crippen LogP contribution is 2.33. The summed E-state index contributed by atoms with van der Waals surface area (Å²) < 4.78 is 5.47. The van der Waals surface area contributed by atoms with E-state index < -0.39 is 5.60 Å². The lowest BCUT2D eigenvalue weighted by atomic mass is 9.88. The van der Waals surface area contributed by atoms with Crippen molar-refractivity contribution in [3.8, 4) is 0 Å². The summed E-state index contributed by atoms with van der Waals surface area (Å²) in [5, 5.41) is 0. The first-order chi connectivity index (χ1) is 9.80. The number of carbonyl (C=O) groups excluding carboxylic acids is 1. The minimum Gasteiger partial charge on any atom is -0.444 e. The third-order valence-electron chi connectivity index (χ3n) is 3.87. The number of amides is 1. The number of rotatable bonds is 2.